The number of benzene rings is 1. The summed E-state index contributed by atoms with van der Waals surface area (Å²) in [6.45, 7) is 5.67. The number of carboxylic acid groups (broad SMARTS) is 1. The first kappa shape index (κ1) is 18.4. The molecule has 3 aliphatic rings. The van der Waals surface area contributed by atoms with Crippen LogP contribution in [0.25, 0.3) is 0 Å². The Kier molecular flexibility index (Phi) is 5.15. The predicted octanol–water partition coefficient (Wildman–Crippen LogP) is 3.51. The SMILES string of the molecule is CC1=C(C(=O)O)C(C2CC2)N(Cc2ccc(Cl)cc2)C(N2CCOCC2)=C1. The van der Waals surface area contributed by atoms with E-state index in [0.29, 0.717) is 36.3 Å². The summed E-state index contributed by atoms with van der Waals surface area (Å²) in [6.07, 6.45) is 4.22. The fourth-order valence-corrected chi connectivity index (χ4v) is 4.24. The highest BCUT2D eigenvalue weighted by molar-refractivity contribution is 6.30. The van der Waals surface area contributed by atoms with Gasteiger partial charge in [0.2, 0.25) is 0 Å². The number of aliphatic carboxylic acids is 1. The fraction of sp³-hybridized carbons (Fsp3) is 0.476. The van der Waals surface area contributed by atoms with Crippen LogP contribution < -0.4 is 0 Å². The Labute approximate surface area is 164 Å². The smallest absolute Gasteiger partial charge is 0.333 e. The summed E-state index contributed by atoms with van der Waals surface area (Å²) in [4.78, 5) is 16.7. The van der Waals surface area contributed by atoms with E-state index in [9.17, 15) is 9.90 Å². The Balaban J connectivity index is 1.73. The van der Waals surface area contributed by atoms with E-state index in [1.165, 1.54) is 0 Å². The van der Waals surface area contributed by atoms with Gasteiger partial charge in [0.05, 0.1) is 24.8 Å². The van der Waals surface area contributed by atoms with Gasteiger partial charge in [0.25, 0.3) is 0 Å². The fourth-order valence-electron chi connectivity index (χ4n) is 4.11. The van der Waals surface area contributed by atoms with Crippen molar-refractivity contribution in [3.8, 4) is 0 Å². The molecular weight excluding hydrogens is 364 g/mol. The van der Waals surface area contributed by atoms with Gasteiger partial charge < -0.3 is 19.6 Å². The molecule has 1 unspecified atom stereocenters. The molecule has 2 heterocycles. The Bertz CT molecular complexity index is 777. The highest BCUT2D eigenvalue weighted by atomic mass is 35.5. The molecule has 1 N–H and O–H groups in total. The molecule has 6 heteroatoms. The molecule has 0 amide bonds. The maximum absolute atomic E-state index is 12.1. The van der Waals surface area contributed by atoms with Crippen molar-refractivity contribution in [1.29, 1.82) is 0 Å². The lowest BCUT2D eigenvalue weighted by molar-refractivity contribution is -0.133. The normalized spacial score (nSPS) is 23.5. The van der Waals surface area contributed by atoms with E-state index in [-0.39, 0.29) is 6.04 Å². The molecule has 27 heavy (non-hydrogen) atoms. The highest BCUT2D eigenvalue weighted by Gasteiger charge is 2.44. The zero-order valence-corrected chi connectivity index (χ0v) is 16.3. The summed E-state index contributed by atoms with van der Waals surface area (Å²) < 4.78 is 5.52. The minimum absolute atomic E-state index is 0.0824. The highest BCUT2D eigenvalue weighted by Crippen LogP contribution is 2.44. The third kappa shape index (κ3) is 3.85. The molecule has 4 rings (SSSR count). The second-order valence-corrected chi connectivity index (χ2v) is 7.98. The lowest BCUT2D eigenvalue weighted by atomic mass is 9.91. The average Bonchev–Trinajstić information content (AvgIpc) is 3.49. The van der Waals surface area contributed by atoms with Gasteiger partial charge in [0.15, 0.2) is 0 Å². The molecule has 1 aromatic carbocycles. The van der Waals surface area contributed by atoms with Gasteiger partial charge in [-0.05, 0) is 55.0 Å². The van der Waals surface area contributed by atoms with Crippen molar-refractivity contribution in [2.75, 3.05) is 26.3 Å². The molecule has 0 bridgehead atoms. The minimum Gasteiger partial charge on any atom is -0.478 e. The van der Waals surface area contributed by atoms with Gasteiger partial charge in [-0.25, -0.2) is 4.79 Å². The monoisotopic (exact) mass is 388 g/mol. The van der Waals surface area contributed by atoms with Crippen molar-refractivity contribution in [3.05, 3.63) is 57.9 Å². The number of carbonyl (C=O) groups is 1. The summed E-state index contributed by atoms with van der Waals surface area (Å²) in [6, 6.07) is 7.75. The maximum atomic E-state index is 12.1. The van der Waals surface area contributed by atoms with Crippen LogP contribution in [0.3, 0.4) is 0 Å². The summed E-state index contributed by atoms with van der Waals surface area (Å²) >= 11 is 6.05. The first-order chi connectivity index (χ1) is 13.0. The van der Waals surface area contributed by atoms with Gasteiger partial charge in [-0.2, -0.15) is 0 Å². The molecule has 1 aliphatic carbocycles. The molecule has 1 saturated heterocycles. The van der Waals surface area contributed by atoms with Crippen LogP contribution >= 0.6 is 11.6 Å². The number of rotatable bonds is 5. The topological polar surface area (TPSA) is 53.0 Å². The lowest BCUT2D eigenvalue weighted by Crippen LogP contribution is -2.49. The number of hydrogen-bond acceptors (Lipinski definition) is 4. The van der Waals surface area contributed by atoms with Gasteiger partial charge in [0, 0.05) is 24.7 Å². The zero-order chi connectivity index (χ0) is 19.0. The predicted molar refractivity (Wildman–Crippen MR) is 104 cm³/mol. The molecule has 2 aliphatic heterocycles. The Hall–Kier alpha value is -1.98. The molecule has 1 aromatic rings. The summed E-state index contributed by atoms with van der Waals surface area (Å²) in [7, 11) is 0. The molecule has 1 atom stereocenters. The average molecular weight is 389 g/mol. The number of allylic oxidation sites excluding steroid dienone is 2. The zero-order valence-electron chi connectivity index (χ0n) is 15.5. The number of carboxylic acids is 1. The quantitative estimate of drug-likeness (QED) is 0.836. The van der Waals surface area contributed by atoms with Crippen LogP contribution in [0, 0.1) is 5.92 Å². The molecular formula is C21H25ClN2O3. The van der Waals surface area contributed by atoms with Crippen LogP contribution in [0.4, 0.5) is 0 Å². The largest absolute Gasteiger partial charge is 0.478 e. The number of nitrogens with zero attached hydrogens (tertiary/aromatic N) is 2. The summed E-state index contributed by atoms with van der Waals surface area (Å²) in [5.74, 6) is 0.721. The first-order valence-corrected chi connectivity index (χ1v) is 9.92. The Morgan fingerprint density at radius 3 is 2.48 bits per heavy atom. The number of ether oxygens (including phenoxy) is 1. The van der Waals surface area contributed by atoms with Crippen molar-refractivity contribution in [1.82, 2.24) is 9.80 Å². The number of hydrogen-bond donors (Lipinski definition) is 1. The number of morpholine rings is 1. The second kappa shape index (κ2) is 7.56. The van der Waals surface area contributed by atoms with Crippen LogP contribution in [0.2, 0.25) is 5.02 Å². The molecule has 0 spiro atoms. The summed E-state index contributed by atoms with van der Waals surface area (Å²) in [5.41, 5.74) is 2.55. The van der Waals surface area contributed by atoms with Crippen molar-refractivity contribution in [3.63, 3.8) is 0 Å². The van der Waals surface area contributed by atoms with Crippen LogP contribution in [-0.4, -0.2) is 53.2 Å². The Morgan fingerprint density at radius 1 is 1.22 bits per heavy atom. The number of halogens is 1. The van der Waals surface area contributed by atoms with Crippen LogP contribution in [0.1, 0.15) is 25.3 Å². The van der Waals surface area contributed by atoms with Crippen LogP contribution in [0.5, 0.6) is 0 Å². The van der Waals surface area contributed by atoms with Crippen molar-refractivity contribution >= 4 is 17.6 Å². The van der Waals surface area contributed by atoms with Gasteiger partial charge in [-0.3, -0.25) is 0 Å². The standard InChI is InChI=1S/C21H25ClN2O3/c1-14-12-18(23-8-10-27-11-9-23)24(13-15-2-6-17(22)7-3-15)20(16-4-5-16)19(14)21(25)26/h2-3,6-7,12,16,20H,4-5,8-11,13H2,1H3,(H,25,26). The van der Waals surface area contributed by atoms with Crippen molar-refractivity contribution in [2.45, 2.75) is 32.4 Å². The van der Waals surface area contributed by atoms with E-state index >= 15 is 0 Å². The van der Waals surface area contributed by atoms with E-state index in [1.807, 2.05) is 37.3 Å². The second-order valence-electron chi connectivity index (χ2n) is 7.54. The van der Waals surface area contributed by atoms with E-state index in [4.69, 9.17) is 16.3 Å². The molecule has 144 valence electrons. The Morgan fingerprint density at radius 2 is 1.89 bits per heavy atom. The van der Waals surface area contributed by atoms with Crippen molar-refractivity contribution < 1.29 is 14.6 Å². The molecule has 5 nitrogen and oxygen atoms in total. The maximum Gasteiger partial charge on any atom is 0.333 e. The van der Waals surface area contributed by atoms with Gasteiger partial charge in [-0.1, -0.05) is 23.7 Å². The third-order valence-corrected chi connectivity index (χ3v) is 5.85. The molecule has 0 radical (unpaired) electrons. The van der Waals surface area contributed by atoms with Gasteiger partial charge in [0.1, 0.15) is 5.82 Å². The van der Waals surface area contributed by atoms with Crippen LogP contribution in [0.15, 0.2) is 47.3 Å². The lowest BCUT2D eigenvalue weighted by Gasteiger charge is -2.45. The first-order valence-electron chi connectivity index (χ1n) is 9.54. The molecule has 1 saturated carbocycles. The van der Waals surface area contributed by atoms with E-state index in [2.05, 4.69) is 9.80 Å². The van der Waals surface area contributed by atoms with Crippen molar-refractivity contribution in [2.24, 2.45) is 5.92 Å². The van der Waals surface area contributed by atoms with Gasteiger partial charge in [-0.15, -0.1) is 0 Å². The third-order valence-electron chi connectivity index (χ3n) is 5.60. The summed E-state index contributed by atoms with van der Waals surface area (Å²) in [5, 5.41) is 10.6. The molecule has 0 aromatic heterocycles. The molecule has 2 fully saturated rings. The van der Waals surface area contributed by atoms with Crippen LogP contribution in [-0.2, 0) is 16.1 Å². The van der Waals surface area contributed by atoms with E-state index in [1.54, 1.807) is 0 Å². The van der Waals surface area contributed by atoms with E-state index < -0.39 is 5.97 Å². The minimum atomic E-state index is -0.803. The van der Waals surface area contributed by atoms with E-state index in [0.717, 1.165) is 42.9 Å². The van der Waals surface area contributed by atoms with Gasteiger partial charge >= 0.3 is 5.97 Å².